The van der Waals surface area contributed by atoms with Gasteiger partial charge in [0.25, 0.3) is 0 Å². The van der Waals surface area contributed by atoms with E-state index in [4.69, 9.17) is 5.11 Å². The van der Waals surface area contributed by atoms with Crippen molar-refractivity contribution in [2.24, 2.45) is 0 Å². The van der Waals surface area contributed by atoms with E-state index in [0.29, 0.717) is 12.2 Å². The van der Waals surface area contributed by atoms with Gasteiger partial charge in [-0.1, -0.05) is 0 Å². The first-order chi connectivity index (χ1) is 9.72. The lowest BCUT2D eigenvalue weighted by Gasteiger charge is -1.96. The molecule has 0 amide bonds. The zero-order valence-corrected chi connectivity index (χ0v) is 12.4. The van der Waals surface area contributed by atoms with Crippen molar-refractivity contribution in [2.75, 3.05) is 0 Å². The van der Waals surface area contributed by atoms with Gasteiger partial charge in [-0.3, -0.25) is 4.79 Å². The van der Waals surface area contributed by atoms with E-state index in [2.05, 4.69) is 15.0 Å². The second kappa shape index (κ2) is 6.55. The number of thiazole rings is 1. The normalized spacial score (nSPS) is 10.3. The predicted molar refractivity (Wildman–Crippen MR) is 73.1 cm³/mol. The van der Waals surface area contributed by atoms with Crippen LogP contribution in [0.15, 0.2) is 37.1 Å². The molecule has 6 nitrogen and oxygen atoms in total. The number of carboxylic acids is 1. The lowest BCUT2D eigenvalue weighted by atomic mass is 10.3. The molecule has 21 heavy (non-hydrogen) atoms. The number of aryl methyl sites for hydroxylation is 1. The van der Waals surface area contributed by atoms with E-state index in [-0.39, 0.29) is 18.8 Å². The maximum absolute atomic E-state index is 10.5. The summed E-state index contributed by atoms with van der Waals surface area (Å²) in [6.45, 7) is 0.459. The van der Waals surface area contributed by atoms with Crippen molar-refractivity contribution in [3.8, 4) is 10.6 Å². The lowest BCUT2D eigenvalue weighted by molar-refractivity contribution is -0.695. The van der Waals surface area contributed by atoms with Gasteiger partial charge < -0.3 is 17.5 Å². The molecule has 0 aliphatic heterocycles. The fourth-order valence-electron chi connectivity index (χ4n) is 1.79. The second-order valence-electron chi connectivity index (χ2n) is 4.20. The van der Waals surface area contributed by atoms with E-state index >= 15 is 0 Å². The summed E-state index contributed by atoms with van der Waals surface area (Å²) in [7, 11) is 0. The Balaban J connectivity index is 0.00000161. The van der Waals surface area contributed by atoms with Gasteiger partial charge in [0.2, 0.25) is 0 Å². The van der Waals surface area contributed by atoms with Gasteiger partial charge in [0.1, 0.15) is 17.8 Å². The van der Waals surface area contributed by atoms with Gasteiger partial charge in [0, 0.05) is 23.9 Å². The third-order valence-corrected chi connectivity index (χ3v) is 3.82. The summed E-state index contributed by atoms with van der Waals surface area (Å²) in [5, 5.41) is 9.53. The minimum atomic E-state index is -0.800. The molecule has 0 aliphatic carbocycles. The van der Waals surface area contributed by atoms with Crippen LogP contribution in [-0.4, -0.2) is 26.0 Å². The Labute approximate surface area is 130 Å². The molecule has 0 saturated heterocycles. The van der Waals surface area contributed by atoms with Gasteiger partial charge in [-0.05, 0) is 0 Å². The fourth-order valence-corrected chi connectivity index (χ4v) is 2.68. The number of aromatic nitrogens is 4. The van der Waals surface area contributed by atoms with Crippen LogP contribution in [0, 0.1) is 0 Å². The van der Waals surface area contributed by atoms with Crippen LogP contribution in [-0.2, 0) is 11.3 Å². The van der Waals surface area contributed by atoms with Gasteiger partial charge in [-0.25, -0.2) is 19.5 Å². The van der Waals surface area contributed by atoms with Gasteiger partial charge >= 0.3 is 5.97 Å². The molecular formula is C13H11ClN4O2S. The first-order valence-corrected chi connectivity index (χ1v) is 6.82. The van der Waals surface area contributed by atoms with E-state index in [1.165, 1.54) is 17.7 Å². The van der Waals surface area contributed by atoms with E-state index in [9.17, 15) is 4.79 Å². The molecule has 0 aromatic carbocycles. The molecule has 0 fully saturated rings. The van der Waals surface area contributed by atoms with Crippen molar-refractivity contribution in [3.63, 3.8) is 0 Å². The van der Waals surface area contributed by atoms with Crippen LogP contribution >= 0.6 is 11.3 Å². The highest BCUT2D eigenvalue weighted by molar-refractivity contribution is 7.21. The quantitative estimate of drug-likeness (QED) is 0.593. The van der Waals surface area contributed by atoms with Gasteiger partial charge in [0.05, 0.1) is 4.70 Å². The molecule has 108 valence electrons. The minimum absolute atomic E-state index is 0. The van der Waals surface area contributed by atoms with Crippen molar-refractivity contribution in [2.45, 2.75) is 13.0 Å². The molecule has 0 unspecified atom stereocenters. The number of aliphatic carboxylic acids is 1. The zero-order chi connectivity index (χ0) is 13.9. The van der Waals surface area contributed by atoms with E-state index in [1.807, 2.05) is 29.1 Å². The molecule has 3 rings (SSSR count). The number of carbonyl (C=O) groups is 1. The fraction of sp³-hybridized carbons (Fsp3) is 0.154. The Morgan fingerprint density at radius 3 is 2.76 bits per heavy atom. The second-order valence-corrected chi connectivity index (χ2v) is 5.23. The summed E-state index contributed by atoms with van der Waals surface area (Å²) in [6.07, 6.45) is 7.06. The number of fused-ring (bicyclic) bond motifs is 1. The Morgan fingerprint density at radius 2 is 2.10 bits per heavy atom. The highest BCUT2D eigenvalue weighted by atomic mass is 35.5. The number of halogens is 1. The Kier molecular flexibility index (Phi) is 4.77. The molecule has 8 heteroatoms. The maximum Gasteiger partial charge on any atom is 0.309 e. The van der Waals surface area contributed by atoms with Crippen LogP contribution in [0.2, 0.25) is 0 Å². The molecule has 1 N–H and O–H groups in total. The number of pyridine rings is 1. The van der Waals surface area contributed by atoms with E-state index in [0.717, 1.165) is 15.3 Å². The van der Waals surface area contributed by atoms with Crippen LogP contribution < -0.4 is 17.0 Å². The third-order valence-electron chi connectivity index (χ3n) is 2.79. The van der Waals surface area contributed by atoms with Crippen molar-refractivity contribution < 1.29 is 26.9 Å². The predicted octanol–water partition coefficient (Wildman–Crippen LogP) is -1.48. The molecule has 0 aliphatic rings. The molecule has 0 saturated carbocycles. The zero-order valence-electron chi connectivity index (χ0n) is 10.8. The average molecular weight is 323 g/mol. The number of hydrogen-bond donors (Lipinski definition) is 1. The molecule has 0 radical (unpaired) electrons. The van der Waals surface area contributed by atoms with Crippen molar-refractivity contribution in [1.82, 2.24) is 15.0 Å². The van der Waals surface area contributed by atoms with Gasteiger partial charge in [0.15, 0.2) is 24.6 Å². The molecule has 0 spiro atoms. The molecular weight excluding hydrogens is 312 g/mol. The Hall–Kier alpha value is -2.12. The number of nitrogens with zero attached hydrogens (tertiary/aromatic N) is 4. The lowest BCUT2D eigenvalue weighted by Crippen LogP contribution is -3.00. The minimum Gasteiger partial charge on any atom is -1.00 e. The third kappa shape index (κ3) is 3.50. The van der Waals surface area contributed by atoms with E-state index < -0.39 is 5.97 Å². The average Bonchev–Trinajstić information content (AvgIpc) is 2.89. The van der Waals surface area contributed by atoms with Gasteiger partial charge in [-0.2, -0.15) is 0 Å². The SMILES string of the molecule is O=C(O)CC[n+]1ccc(-c2nc3ncncc3s2)cc1.[Cl-]. The summed E-state index contributed by atoms with van der Waals surface area (Å²) in [5.74, 6) is -0.800. The molecule has 0 atom stereocenters. The highest BCUT2D eigenvalue weighted by Crippen LogP contribution is 2.27. The smallest absolute Gasteiger partial charge is 0.309 e. The first-order valence-electron chi connectivity index (χ1n) is 6.00. The van der Waals surface area contributed by atoms with Crippen molar-refractivity contribution >= 4 is 27.7 Å². The summed E-state index contributed by atoms with van der Waals surface area (Å²) < 4.78 is 2.79. The molecule has 3 aromatic rings. The highest BCUT2D eigenvalue weighted by Gasteiger charge is 2.09. The van der Waals surface area contributed by atoms with Gasteiger partial charge in [-0.15, -0.1) is 11.3 Å². The summed E-state index contributed by atoms with van der Waals surface area (Å²) >= 11 is 1.53. The topological polar surface area (TPSA) is 79.9 Å². The maximum atomic E-state index is 10.5. The van der Waals surface area contributed by atoms with Crippen LogP contribution in [0.5, 0.6) is 0 Å². The van der Waals surface area contributed by atoms with Crippen LogP contribution in [0.3, 0.4) is 0 Å². The number of hydrogen-bond acceptors (Lipinski definition) is 5. The number of rotatable bonds is 4. The molecule has 3 aromatic heterocycles. The summed E-state index contributed by atoms with van der Waals surface area (Å²) in [6, 6.07) is 3.85. The van der Waals surface area contributed by atoms with E-state index in [1.54, 1.807) is 6.20 Å². The molecule has 0 bridgehead atoms. The van der Waals surface area contributed by atoms with Crippen molar-refractivity contribution in [1.29, 1.82) is 0 Å². The largest absolute Gasteiger partial charge is 1.00 e. The summed E-state index contributed by atoms with van der Waals surface area (Å²) in [5.41, 5.74) is 1.68. The van der Waals surface area contributed by atoms with Crippen molar-refractivity contribution in [3.05, 3.63) is 37.1 Å². The Morgan fingerprint density at radius 1 is 1.33 bits per heavy atom. The Bertz CT molecular complexity index is 727. The van der Waals surface area contributed by atoms with Crippen LogP contribution in [0.25, 0.3) is 20.9 Å². The van der Waals surface area contributed by atoms with Crippen LogP contribution in [0.4, 0.5) is 0 Å². The summed E-state index contributed by atoms with van der Waals surface area (Å²) in [4.78, 5) is 23.1. The van der Waals surface area contributed by atoms with Crippen LogP contribution in [0.1, 0.15) is 6.42 Å². The standard InChI is InChI=1S/C13H10N4O2S.ClH/c18-11(19)3-6-17-4-1-9(2-5-17)13-16-12-10(20-13)7-14-8-15-12;/h1-2,4-5,7-8H,3,6H2;1H. The first kappa shape index (κ1) is 15.3. The number of carboxylic acid groups (broad SMARTS) is 1. The monoisotopic (exact) mass is 322 g/mol. The molecule has 3 heterocycles.